The van der Waals surface area contributed by atoms with Crippen LogP contribution >= 0.6 is 0 Å². The van der Waals surface area contributed by atoms with Gasteiger partial charge in [-0.1, -0.05) is 0 Å². The van der Waals surface area contributed by atoms with Gasteiger partial charge >= 0.3 is 6.03 Å². The average molecular weight is 202 g/mol. The molecule has 0 unspecified atom stereocenters. The molecule has 2 amide bonds. The van der Waals surface area contributed by atoms with Crippen LogP contribution in [0.5, 0.6) is 0 Å². The van der Waals surface area contributed by atoms with Gasteiger partial charge in [0.05, 0.1) is 0 Å². The van der Waals surface area contributed by atoms with Gasteiger partial charge in [0.1, 0.15) is 0 Å². The number of urea groups is 1. The summed E-state index contributed by atoms with van der Waals surface area (Å²) in [6.45, 7) is 8.62. The van der Waals surface area contributed by atoms with Crippen LogP contribution < -0.4 is 5.32 Å². The Balaban J connectivity index is 2.42. The largest absolute Gasteiger partial charge is 0.416 e. The summed E-state index contributed by atoms with van der Waals surface area (Å²) in [5.74, 6) is 0. The van der Waals surface area contributed by atoms with Crippen LogP contribution in [-0.4, -0.2) is 45.1 Å². The molecule has 0 atom stereocenters. The minimum absolute atomic E-state index is 0.0558. The first-order chi connectivity index (χ1) is 6.05. The van der Waals surface area contributed by atoms with Crippen molar-refractivity contribution in [1.82, 2.24) is 10.2 Å². The van der Waals surface area contributed by atoms with Crippen molar-refractivity contribution in [2.45, 2.75) is 20.0 Å². The summed E-state index contributed by atoms with van der Waals surface area (Å²) in [5, 5.41) is 2.79. The summed E-state index contributed by atoms with van der Waals surface area (Å²) in [6.07, 6.45) is 0.798. The molecule has 1 aliphatic rings. The molecule has 1 aliphatic heterocycles. The number of hydrogen-bond acceptors (Lipinski definition) is 2. The summed E-state index contributed by atoms with van der Waals surface area (Å²) in [5.41, 5.74) is 0. The third-order valence-corrected chi connectivity index (χ3v) is 4.27. The van der Waals surface area contributed by atoms with Gasteiger partial charge in [-0.3, -0.25) is 0 Å². The van der Waals surface area contributed by atoms with Gasteiger partial charge in [-0.25, -0.2) is 4.79 Å². The molecule has 1 heterocycles. The summed E-state index contributed by atoms with van der Waals surface area (Å²) < 4.78 is 5.66. The molecule has 1 saturated heterocycles. The minimum Gasteiger partial charge on any atom is -0.416 e. The standard InChI is InChI=1S/C8H18N2O2Si/c1-4-12-13(2,3)7-10-6-5-9-8(10)11/h4-7H2,1-3H3,(H,9,11). The zero-order valence-corrected chi connectivity index (χ0v) is 9.59. The molecule has 4 nitrogen and oxygen atoms in total. The second kappa shape index (κ2) is 4.10. The number of carbonyl (C=O) groups is 1. The van der Waals surface area contributed by atoms with Crippen LogP contribution in [0.15, 0.2) is 0 Å². The SMILES string of the molecule is CCO[Si](C)(C)CN1CCNC1=O. The first kappa shape index (κ1) is 10.5. The van der Waals surface area contributed by atoms with E-state index in [1.165, 1.54) is 0 Å². The quantitative estimate of drug-likeness (QED) is 0.685. The predicted molar refractivity (Wildman–Crippen MR) is 54.1 cm³/mol. The van der Waals surface area contributed by atoms with Gasteiger partial charge < -0.3 is 14.6 Å². The second-order valence-electron chi connectivity index (χ2n) is 3.85. The number of nitrogens with zero attached hydrogens (tertiary/aromatic N) is 1. The average Bonchev–Trinajstić information content (AvgIpc) is 2.35. The molecule has 76 valence electrons. The molecule has 0 aromatic carbocycles. The Labute approximate surface area is 80.4 Å². The normalized spacial score (nSPS) is 17.8. The van der Waals surface area contributed by atoms with E-state index in [1.54, 1.807) is 0 Å². The Hall–Kier alpha value is -0.553. The first-order valence-corrected chi connectivity index (χ1v) is 7.83. The van der Waals surface area contributed by atoms with E-state index in [2.05, 4.69) is 18.4 Å². The maximum absolute atomic E-state index is 11.2. The molecule has 13 heavy (non-hydrogen) atoms. The third kappa shape index (κ3) is 3.00. The first-order valence-electron chi connectivity index (χ1n) is 4.72. The molecule has 1 rings (SSSR count). The highest BCUT2D eigenvalue weighted by atomic mass is 28.4. The van der Waals surface area contributed by atoms with Crippen molar-refractivity contribution in [1.29, 1.82) is 0 Å². The van der Waals surface area contributed by atoms with E-state index >= 15 is 0 Å². The van der Waals surface area contributed by atoms with Crippen LogP contribution in [0.1, 0.15) is 6.92 Å². The van der Waals surface area contributed by atoms with Crippen LogP contribution in [0.3, 0.4) is 0 Å². The van der Waals surface area contributed by atoms with Crippen molar-refractivity contribution in [3.63, 3.8) is 0 Å². The fourth-order valence-electron chi connectivity index (χ4n) is 1.56. The monoisotopic (exact) mass is 202 g/mol. The molecule has 0 aromatic rings. The number of rotatable bonds is 4. The van der Waals surface area contributed by atoms with Crippen molar-refractivity contribution in [3.8, 4) is 0 Å². The molecule has 0 aliphatic carbocycles. The lowest BCUT2D eigenvalue weighted by molar-refractivity contribution is 0.219. The van der Waals surface area contributed by atoms with Crippen molar-refractivity contribution in [3.05, 3.63) is 0 Å². The Morgan fingerprint density at radius 3 is 2.77 bits per heavy atom. The summed E-state index contributed by atoms with van der Waals surface area (Å²) >= 11 is 0. The molecule has 0 spiro atoms. The van der Waals surface area contributed by atoms with Gasteiger partial charge in [-0.05, 0) is 20.0 Å². The van der Waals surface area contributed by atoms with Crippen LogP contribution in [0, 0.1) is 0 Å². The maximum atomic E-state index is 11.2. The number of amides is 2. The molecular formula is C8H18N2O2Si. The van der Waals surface area contributed by atoms with E-state index in [4.69, 9.17) is 4.43 Å². The fraction of sp³-hybridized carbons (Fsp3) is 0.875. The van der Waals surface area contributed by atoms with Crippen molar-refractivity contribution >= 4 is 14.3 Å². The summed E-state index contributed by atoms with van der Waals surface area (Å²) in [6, 6.07) is 0.0558. The lowest BCUT2D eigenvalue weighted by Gasteiger charge is -2.26. The lowest BCUT2D eigenvalue weighted by Crippen LogP contribution is -2.46. The van der Waals surface area contributed by atoms with Gasteiger partial charge in [0.15, 0.2) is 0 Å². The zero-order chi connectivity index (χ0) is 9.90. The number of nitrogens with one attached hydrogen (secondary N) is 1. The van der Waals surface area contributed by atoms with Gasteiger partial charge in [0.2, 0.25) is 8.32 Å². The molecule has 0 aromatic heterocycles. The fourth-order valence-corrected chi connectivity index (χ4v) is 3.65. The van der Waals surface area contributed by atoms with E-state index in [9.17, 15) is 4.79 Å². The highest BCUT2D eigenvalue weighted by Gasteiger charge is 2.30. The van der Waals surface area contributed by atoms with Crippen molar-refractivity contribution in [2.24, 2.45) is 0 Å². The Morgan fingerprint density at radius 2 is 2.31 bits per heavy atom. The van der Waals surface area contributed by atoms with Gasteiger partial charge in [0.25, 0.3) is 0 Å². The Kier molecular flexibility index (Phi) is 3.32. The summed E-state index contributed by atoms with van der Waals surface area (Å²) in [7, 11) is -1.65. The molecule has 5 heteroatoms. The van der Waals surface area contributed by atoms with E-state index in [0.29, 0.717) is 0 Å². The van der Waals surface area contributed by atoms with Gasteiger partial charge in [-0.15, -0.1) is 0 Å². The number of carbonyl (C=O) groups excluding carboxylic acids is 1. The number of hydrogen-bond donors (Lipinski definition) is 1. The Bertz CT molecular complexity index is 197. The summed E-state index contributed by atoms with van der Waals surface area (Å²) in [4.78, 5) is 13.1. The van der Waals surface area contributed by atoms with Gasteiger partial charge in [-0.2, -0.15) is 0 Å². The highest BCUT2D eigenvalue weighted by molar-refractivity contribution is 6.71. The molecular weight excluding hydrogens is 184 g/mol. The highest BCUT2D eigenvalue weighted by Crippen LogP contribution is 2.08. The second-order valence-corrected chi connectivity index (χ2v) is 7.97. The minimum atomic E-state index is -1.65. The van der Waals surface area contributed by atoms with Crippen molar-refractivity contribution in [2.75, 3.05) is 25.9 Å². The Morgan fingerprint density at radius 1 is 1.62 bits per heavy atom. The van der Waals surface area contributed by atoms with E-state index in [1.807, 2.05) is 11.8 Å². The third-order valence-electron chi connectivity index (χ3n) is 2.05. The van der Waals surface area contributed by atoms with Gasteiger partial charge in [0, 0.05) is 25.9 Å². The topological polar surface area (TPSA) is 41.6 Å². The van der Waals surface area contributed by atoms with Crippen LogP contribution in [0.25, 0.3) is 0 Å². The van der Waals surface area contributed by atoms with Crippen molar-refractivity contribution < 1.29 is 9.22 Å². The molecule has 1 fully saturated rings. The molecule has 0 saturated carbocycles. The maximum Gasteiger partial charge on any atom is 0.317 e. The molecule has 0 bridgehead atoms. The van der Waals surface area contributed by atoms with Crippen LogP contribution in [-0.2, 0) is 4.43 Å². The van der Waals surface area contributed by atoms with Crippen LogP contribution in [0.2, 0.25) is 13.1 Å². The van der Waals surface area contributed by atoms with E-state index < -0.39 is 8.32 Å². The molecule has 0 radical (unpaired) electrons. The zero-order valence-electron chi connectivity index (χ0n) is 8.59. The lowest BCUT2D eigenvalue weighted by atomic mass is 10.7. The van der Waals surface area contributed by atoms with E-state index in [-0.39, 0.29) is 6.03 Å². The smallest absolute Gasteiger partial charge is 0.317 e. The predicted octanol–water partition coefficient (Wildman–Crippen LogP) is 0.792. The molecule has 1 N–H and O–H groups in total. The van der Waals surface area contributed by atoms with Crippen LogP contribution in [0.4, 0.5) is 4.79 Å². The van der Waals surface area contributed by atoms with E-state index in [0.717, 1.165) is 25.9 Å².